The van der Waals surface area contributed by atoms with Crippen LogP contribution >= 0.6 is 0 Å². The molecule has 0 radical (unpaired) electrons. The summed E-state index contributed by atoms with van der Waals surface area (Å²) in [4.78, 5) is 29.6. The second kappa shape index (κ2) is 6.44. The number of benzene rings is 1. The van der Waals surface area contributed by atoms with Crippen LogP contribution in [0.3, 0.4) is 0 Å². The van der Waals surface area contributed by atoms with Gasteiger partial charge in [-0.2, -0.15) is 8.78 Å². The standard InChI is InChI=1S/C19H14F3N5O3/c1-19(21,22)16-15(29-8-25-16)18(28)27-5-4-11-13(24-7-23-11)14(27)17-26-10-3-2-9(20)6-12(10)30-17/h2-3,6-8,14H,4-5H2,1H3,(H,23,24)/t14-/m0/s1. The van der Waals surface area contributed by atoms with Crippen LogP contribution in [0.4, 0.5) is 13.2 Å². The van der Waals surface area contributed by atoms with E-state index >= 15 is 0 Å². The average Bonchev–Trinajstić information content (AvgIpc) is 3.43. The van der Waals surface area contributed by atoms with Crippen molar-refractivity contribution in [2.75, 3.05) is 6.54 Å². The number of alkyl halides is 2. The molecule has 0 unspecified atom stereocenters. The van der Waals surface area contributed by atoms with Crippen molar-refractivity contribution in [3.63, 3.8) is 0 Å². The van der Waals surface area contributed by atoms with Crippen LogP contribution in [-0.4, -0.2) is 37.3 Å². The number of imidazole rings is 1. The summed E-state index contributed by atoms with van der Waals surface area (Å²) in [6.45, 7) is 0.803. The SMILES string of the molecule is CC(F)(F)c1ncoc1C(=O)N1CCc2[nH]cnc2[C@H]1c1nc2ccc(F)cc2o1. The van der Waals surface area contributed by atoms with Gasteiger partial charge in [-0.05, 0) is 12.1 Å². The molecule has 1 aromatic carbocycles. The predicted molar refractivity (Wildman–Crippen MR) is 95.2 cm³/mol. The van der Waals surface area contributed by atoms with Crippen molar-refractivity contribution < 1.29 is 26.8 Å². The van der Waals surface area contributed by atoms with Gasteiger partial charge in [0.1, 0.15) is 11.3 Å². The Morgan fingerprint density at radius 3 is 2.97 bits per heavy atom. The lowest BCUT2D eigenvalue weighted by Crippen LogP contribution is -2.41. The summed E-state index contributed by atoms with van der Waals surface area (Å²) in [5.41, 5.74) is 1.06. The molecule has 11 heteroatoms. The van der Waals surface area contributed by atoms with Crippen molar-refractivity contribution >= 4 is 17.0 Å². The van der Waals surface area contributed by atoms with Crippen LogP contribution in [0.5, 0.6) is 0 Å². The van der Waals surface area contributed by atoms with Crippen LogP contribution in [-0.2, 0) is 12.3 Å². The first-order valence-corrected chi connectivity index (χ1v) is 9.04. The lowest BCUT2D eigenvalue weighted by atomic mass is 10.0. The topological polar surface area (TPSA) is 101 Å². The zero-order valence-corrected chi connectivity index (χ0v) is 15.5. The molecule has 1 aliphatic heterocycles. The third kappa shape index (κ3) is 2.85. The summed E-state index contributed by atoms with van der Waals surface area (Å²) in [6.07, 6.45) is 2.69. The molecule has 5 rings (SSSR count). The fraction of sp³-hybridized carbons (Fsp3) is 0.263. The first-order chi connectivity index (χ1) is 14.3. The van der Waals surface area contributed by atoms with Crippen LogP contribution in [0.1, 0.15) is 46.5 Å². The summed E-state index contributed by atoms with van der Waals surface area (Å²) < 4.78 is 52.1. The summed E-state index contributed by atoms with van der Waals surface area (Å²) in [7, 11) is 0. The fourth-order valence-electron chi connectivity index (χ4n) is 3.62. The van der Waals surface area contributed by atoms with Crippen molar-refractivity contribution in [3.05, 3.63) is 65.5 Å². The predicted octanol–water partition coefficient (Wildman–Crippen LogP) is 3.58. The van der Waals surface area contributed by atoms with E-state index in [-0.39, 0.29) is 18.0 Å². The molecule has 0 fully saturated rings. The number of hydrogen-bond donors (Lipinski definition) is 1. The van der Waals surface area contributed by atoms with Crippen LogP contribution in [0.2, 0.25) is 0 Å². The second-order valence-corrected chi connectivity index (χ2v) is 7.00. The van der Waals surface area contributed by atoms with E-state index in [4.69, 9.17) is 8.83 Å². The number of aromatic amines is 1. The zero-order valence-electron chi connectivity index (χ0n) is 15.5. The number of halogens is 3. The van der Waals surface area contributed by atoms with Gasteiger partial charge < -0.3 is 18.7 Å². The van der Waals surface area contributed by atoms with Gasteiger partial charge in [-0.25, -0.2) is 19.3 Å². The Bertz CT molecular complexity index is 1260. The van der Waals surface area contributed by atoms with Crippen molar-refractivity contribution in [2.24, 2.45) is 0 Å². The quantitative estimate of drug-likeness (QED) is 0.547. The van der Waals surface area contributed by atoms with Crippen molar-refractivity contribution in [1.82, 2.24) is 24.8 Å². The Morgan fingerprint density at radius 1 is 1.33 bits per heavy atom. The van der Waals surface area contributed by atoms with Crippen LogP contribution in [0.25, 0.3) is 11.1 Å². The maximum atomic E-state index is 13.9. The van der Waals surface area contributed by atoms with Gasteiger partial charge in [0, 0.05) is 31.6 Å². The highest BCUT2D eigenvalue weighted by molar-refractivity contribution is 5.93. The normalized spacial score (nSPS) is 16.8. The van der Waals surface area contributed by atoms with Gasteiger partial charge in [0.2, 0.25) is 11.7 Å². The number of carbonyl (C=O) groups excluding carboxylic acids is 1. The van der Waals surface area contributed by atoms with E-state index in [9.17, 15) is 18.0 Å². The molecule has 1 N–H and O–H groups in total. The summed E-state index contributed by atoms with van der Waals surface area (Å²) >= 11 is 0. The van der Waals surface area contributed by atoms with E-state index in [0.717, 1.165) is 12.1 Å². The van der Waals surface area contributed by atoms with Crippen LogP contribution in [0, 0.1) is 5.82 Å². The smallest absolute Gasteiger partial charge is 0.292 e. The second-order valence-electron chi connectivity index (χ2n) is 7.00. The van der Waals surface area contributed by atoms with E-state index in [0.29, 0.717) is 24.6 Å². The summed E-state index contributed by atoms with van der Waals surface area (Å²) in [5, 5.41) is 0. The molecule has 154 valence electrons. The number of fused-ring (bicyclic) bond motifs is 2. The molecule has 0 saturated carbocycles. The Hall–Kier alpha value is -3.63. The molecule has 30 heavy (non-hydrogen) atoms. The van der Waals surface area contributed by atoms with Gasteiger partial charge in [0.15, 0.2) is 23.7 Å². The third-order valence-electron chi connectivity index (χ3n) is 4.96. The number of nitrogens with one attached hydrogen (secondary N) is 1. The molecule has 0 bridgehead atoms. The molecule has 4 heterocycles. The molecule has 1 aliphatic rings. The molecule has 0 aliphatic carbocycles. The molecule has 4 aromatic rings. The van der Waals surface area contributed by atoms with E-state index < -0.39 is 35.1 Å². The highest BCUT2D eigenvalue weighted by atomic mass is 19.3. The molecule has 1 atom stereocenters. The molecule has 0 spiro atoms. The highest BCUT2D eigenvalue weighted by Gasteiger charge is 2.42. The molecular formula is C19H14F3N5O3. The summed E-state index contributed by atoms with van der Waals surface area (Å²) in [5.74, 6) is -5.14. The third-order valence-corrected chi connectivity index (χ3v) is 4.96. The average molecular weight is 417 g/mol. The number of nitrogens with zero attached hydrogens (tertiary/aromatic N) is 4. The largest absolute Gasteiger partial charge is 0.438 e. The number of carbonyl (C=O) groups is 1. The number of aromatic nitrogens is 4. The minimum atomic E-state index is -3.37. The summed E-state index contributed by atoms with van der Waals surface area (Å²) in [6, 6.07) is 2.96. The van der Waals surface area contributed by atoms with E-state index in [2.05, 4.69) is 19.9 Å². The lowest BCUT2D eigenvalue weighted by molar-refractivity contribution is 0.0102. The van der Waals surface area contributed by atoms with Crippen molar-refractivity contribution in [3.8, 4) is 0 Å². The molecule has 0 saturated heterocycles. The maximum Gasteiger partial charge on any atom is 0.292 e. The van der Waals surface area contributed by atoms with Crippen LogP contribution in [0.15, 0.2) is 39.8 Å². The number of amides is 1. The number of rotatable bonds is 3. The van der Waals surface area contributed by atoms with Gasteiger partial charge in [-0.3, -0.25) is 4.79 Å². The van der Waals surface area contributed by atoms with Gasteiger partial charge in [-0.15, -0.1) is 0 Å². The minimum Gasteiger partial charge on any atom is -0.438 e. The molecule has 1 amide bonds. The number of H-pyrrole nitrogens is 1. The Morgan fingerprint density at radius 2 is 2.17 bits per heavy atom. The monoisotopic (exact) mass is 417 g/mol. The fourth-order valence-corrected chi connectivity index (χ4v) is 3.62. The van der Waals surface area contributed by atoms with Gasteiger partial charge in [0.25, 0.3) is 11.8 Å². The Labute approximate surface area is 166 Å². The van der Waals surface area contributed by atoms with E-state index in [1.54, 1.807) is 0 Å². The lowest BCUT2D eigenvalue weighted by Gasteiger charge is -2.32. The highest BCUT2D eigenvalue weighted by Crippen LogP contribution is 2.37. The van der Waals surface area contributed by atoms with E-state index in [1.807, 2.05) is 0 Å². The van der Waals surface area contributed by atoms with E-state index in [1.165, 1.54) is 29.4 Å². The Balaban J connectivity index is 1.62. The molecule has 3 aromatic heterocycles. The molecule has 8 nitrogen and oxygen atoms in total. The molecular weight excluding hydrogens is 403 g/mol. The number of hydrogen-bond acceptors (Lipinski definition) is 6. The first-order valence-electron chi connectivity index (χ1n) is 9.04. The van der Waals surface area contributed by atoms with Gasteiger partial charge in [0.05, 0.1) is 12.0 Å². The maximum absolute atomic E-state index is 13.9. The van der Waals surface area contributed by atoms with Gasteiger partial charge >= 0.3 is 0 Å². The number of oxazole rings is 2. The van der Waals surface area contributed by atoms with Crippen molar-refractivity contribution in [2.45, 2.75) is 25.3 Å². The zero-order chi connectivity index (χ0) is 21.0. The first kappa shape index (κ1) is 18.4. The van der Waals surface area contributed by atoms with Crippen molar-refractivity contribution in [1.29, 1.82) is 0 Å². The Kier molecular flexibility index (Phi) is 3.95. The van der Waals surface area contributed by atoms with Crippen LogP contribution < -0.4 is 0 Å². The minimum absolute atomic E-state index is 0.0846. The van der Waals surface area contributed by atoms with Gasteiger partial charge in [-0.1, -0.05) is 0 Å².